The number of nitrogens with zero attached hydrogens (tertiary/aromatic N) is 4. The van der Waals surface area contributed by atoms with Crippen molar-refractivity contribution in [3.05, 3.63) is 28.7 Å². The van der Waals surface area contributed by atoms with Gasteiger partial charge in [-0.1, -0.05) is 23.4 Å². The fraction of sp³-hybridized carbons (Fsp3) is 0.550. The lowest BCUT2D eigenvalue weighted by Gasteiger charge is -2.39. The van der Waals surface area contributed by atoms with Crippen LogP contribution in [0, 0.1) is 12.3 Å². The van der Waals surface area contributed by atoms with Gasteiger partial charge in [-0.25, -0.2) is 15.0 Å². The van der Waals surface area contributed by atoms with Gasteiger partial charge >= 0.3 is 0 Å². The van der Waals surface area contributed by atoms with Gasteiger partial charge in [0, 0.05) is 24.2 Å². The number of hydrogen-bond donors (Lipinski definition) is 2. The van der Waals surface area contributed by atoms with Gasteiger partial charge in [0.05, 0.1) is 30.0 Å². The molecule has 0 radical (unpaired) electrons. The van der Waals surface area contributed by atoms with Gasteiger partial charge in [-0.05, 0) is 44.6 Å². The van der Waals surface area contributed by atoms with E-state index in [2.05, 4.69) is 16.8 Å². The first kappa shape index (κ1) is 20.7. The number of nitrogen functional groups attached to an aromatic ring is 1. The number of halogens is 1. The Morgan fingerprint density at radius 2 is 2.14 bits per heavy atom. The highest BCUT2D eigenvalue weighted by Gasteiger charge is 2.41. The van der Waals surface area contributed by atoms with Crippen molar-refractivity contribution >= 4 is 35.0 Å². The lowest BCUT2D eigenvalue weighted by Crippen LogP contribution is -2.41. The average Bonchev–Trinajstić information content (AvgIpc) is 3.07. The zero-order chi connectivity index (χ0) is 20.6. The maximum Gasteiger partial charge on any atom is 0.153 e. The van der Waals surface area contributed by atoms with Crippen molar-refractivity contribution in [3.63, 3.8) is 0 Å². The van der Waals surface area contributed by atoms with Gasteiger partial charge in [0.15, 0.2) is 5.82 Å². The van der Waals surface area contributed by atoms with Gasteiger partial charge in [-0.2, -0.15) is 0 Å². The Morgan fingerprint density at radius 1 is 1.38 bits per heavy atom. The van der Waals surface area contributed by atoms with E-state index in [-0.39, 0.29) is 12.4 Å². The first-order chi connectivity index (χ1) is 13.9. The molecule has 2 aromatic heterocycles. The SMILES string of the molecule is Cc1nc(N2CCC3(CC2)CO[C@@H](C)C3)c(CO)nc1Sc1ccnc(N)c1Cl. The van der Waals surface area contributed by atoms with Crippen LogP contribution in [-0.4, -0.2) is 45.9 Å². The maximum absolute atomic E-state index is 9.95. The van der Waals surface area contributed by atoms with E-state index >= 15 is 0 Å². The van der Waals surface area contributed by atoms with Crippen molar-refractivity contribution < 1.29 is 9.84 Å². The van der Waals surface area contributed by atoms with Crippen LogP contribution in [0.3, 0.4) is 0 Å². The van der Waals surface area contributed by atoms with E-state index in [0.717, 1.165) is 55.4 Å². The lowest BCUT2D eigenvalue weighted by atomic mass is 9.77. The Balaban J connectivity index is 1.55. The van der Waals surface area contributed by atoms with Gasteiger partial charge in [0.2, 0.25) is 0 Å². The number of pyridine rings is 1. The van der Waals surface area contributed by atoms with Crippen LogP contribution in [0.15, 0.2) is 22.2 Å². The Kier molecular flexibility index (Phi) is 5.88. The number of hydrogen-bond acceptors (Lipinski definition) is 8. The molecule has 2 aliphatic rings. The molecule has 0 bridgehead atoms. The molecule has 3 N–H and O–H groups in total. The molecule has 2 fully saturated rings. The Labute approximate surface area is 180 Å². The quantitative estimate of drug-likeness (QED) is 0.753. The van der Waals surface area contributed by atoms with Crippen LogP contribution in [0.2, 0.25) is 5.02 Å². The molecule has 0 saturated carbocycles. The fourth-order valence-electron chi connectivity index (χ4n) is 4.19. The summed E-state index contributed by atoms with van der Waals surface area (Å²) in [5.41, 5.74) is 7.48. The largest absolute Gasteiger partial charge is 0.390 e. The minimum absolute atomic E-state index is 0.163. The molecule has 29 heavy (non-hydrogen) atoms. The second kappa shape index (κ2) is 8.26. The molecule has 2 saturated heterocycles. The highest BCUT2D eigenvalue weighted by Crippen LogP contribution is 2.43. The molecular formula is C20H26ClN5O2S. The van der Waals surface area contributed by atoms with Gasteiger partial charge in [0.25, 0.3) is 0 Å². The standard InChI is InChI=1S/C20H26ClN5O2S/c1-12-9-20(11-28-12)4-7-26(8-5-20)18-14(10-27)25-19(13(2)24-18)29-15-3-6-23-17(22)16(15)21/h3,6,12,27H,4-5,7-11H2,1-2H3,(H2,22,23)/t12-/m0/s1. The minimum atomic E-state index is -0.163. The molecule has 4 rings (SSSR count). The summed E-state index contributed by atoms with van der Waals surface area (Å²) in [7, 11) is 0. The van der Waals surface area contributed by atoms with E-state index in [1.807, 2.05) is 6.92 Å². The lowest BCUT2D eigenvalue weighted by molar-refractivity contribution is 0.0975. The molecular weight excluding hydrogens is 410 g/mol. The second-order valence-electron chi connectivity index (χ2n) is 7.97. The molecule has 0 unspecified atom stereocenters. The summed E-state index contributed by atoms with van der Waals surface area (Å²) in [5, 5.41) is 11.1. The summed E-state index contributed by atoms with van der Waals surface area (Å²) in [4.78, 5) is 16.5. The Morgan fingerprint density at radius 3 is 2.79 bits per heavy atom. The van der Waals surface area contributed by atoms with Gasteiger partial charge in [-0.3, -0.25) is 0 Å². The number of rotatable bonds is 4. The monoisotopic (exact) mass is 435 g/mol. The summed E-state index contributed by atoms with van der Waals surface area (Å²) in [6.45, 7) is 6.57. The van der Waals surface area contributed by atoms with E-state index in [1.54, 1.807) is 12.3 Å². The predicted octanol–water partition coefficient (Wildman–Crippen LogP) is 3.45. The van der Waals surface area contributed by atoms with Crippen LogP contribution < -0.4 is 10.6 Å². The third-order valence-electron chi connectivity index (χ3n) is 5.83. The number of aryl methyl sites for hydroxylation is 1. The summed E-state index contributed by atoms with van der Waals surface area (Å²) in [6.07, 6.45) is 5.24. The molecule has 7 nitrogen and oxygen atoms in total. The van der Waals surface area contributed by atoms with Crippen LogP contribution >= 0.6 is 23.4 Å². The van der Waals surface area contributed by atoms with E-state index in [0.29, 0.717) is 27.3 Å². The van der Waals surface area contributed by atoms with Gasteiger partial charge in [0.1, 0.15) is 16.5 Å². The number of aliphatic hydroxyl groups excluding tert-OH is 1. The molecule has 0 aromatic carbocycles. The maximum atomic E-state index is 9.95. The van der Waals surface area contributed by atoms with Crippen molar-refractivity contribution in [3.8, 4) is 0 Å². The molecule has 4 heterocycles. The molecule has 2 aliphatic heterocycles. The normalized spacial score (nSPS) is 21.1. The molecule has 0 aliphatic carbocycles. The molecule has 2 aromatic rings. The van der Waals surface area contributed by atoms with Crippen molar-refractivity contribution in [1.29, 1.82) is 0 Å². The molecule has 156 valence electrons. The number of aliphatic hydroxyl groups is 1. The Hall–Kier alpha value is -1.61. The number of piperidine rings is 1. The third-order valence-corrected chi connectivity index (χ3v) is 7.48. The van der Waals surface area contributed by atoms with Crippen LogP contribution in [-0.2, 0) is 11.3 Å². The topological polar surface area (TPSA) is 97.4 Å². The predicted molar refractivity (Wildman–Crippen MR) is 114 cm³/mol. The number of aromatic nitrogens is 3. The zero-order valence-electron chi connectivity index (χ0n) is 16.7. The van der Waals surface area contributed by atoms with Crippen LogP contribution in [0.25, 0.3) is 0 Å². The highest BCUT2D eigenvalue weighted by molar-refractivity contribution is 7.99. The van der Waals surface area contributed by atoms with Crippen LogP contribution in [0.5, 0.6) is 0 Å². The van der Waals surface area contributed by atoms with Gasteiger partial charge in [-0.15, -0.1) is 0 Å². The summed E-state index contributed by atoms with van der Waals surface area (Å²) in [6, 6.07) is 1.80. The minimum Gasteiger partial charge on any atom is -0.390 e. The van der Waals surface area contributed by atoms with E-state index in [1.165, 1.54) is 11.8 Å². The highest BCUT2D eigenvalue weighted by atomic mass is 35.5. The first-order valence-electron chi connectivity index (χ1n) is 9.83. The van der Waals surface area contributed by atoms with Crippen molar-refractivity contribution in [2.75, 3.05) is 30.3 Å². The van der Waals surface area contributed by atoms with E-state index in [9.17, 15) is 5.11 Å². The van der Waals surface area contributed by atoms with Crippen molar-refractivity contribution in [2.24, 2.45) is 5.41 Å². The van der Waals surface area contributed by atoms with Crippen molar-refractivity contribution in [1.82, 2.24) is 15.0 Å². The smallest absolute Gasteiger partial charge is 0.153 e. The summed E-state index contributed by atoms with van der Waals surface area (Å²) in [5.74, 6) is 1.06. The zero-order valence-corrected chi connectivity index (χ0v) is 18.3. The molecule has 1 spiro atoms. The number of nitrogens with two attached hydrogens (primary N) is 1. The molecule has 1 atom stereocenters. The van der Waals surface area contributed by atoms with Gasteiger partial charge < -0.3 is 20.5 Å². The summed E-state index contributed by atoms with van der Waals surface area (Å²) >= 11 is 7.65. The number of anilines is 2. The molecule has 0 amide bonds. The first-order valence-corrected chi connectivity index (χ1v) is 11.0. The van der Waals surface area contributed by atoms with Crippen molar-refractivity contribution in [2.45, 2.75) is 55.7 Å². The average molecular weight is 436 g/mol. The number of ether oxygens (including phenoxy) is 1. The fourth-order valence-corrected chi connectivity index (χ4v) is 5.30. The van der Waals surface area contributed by atoms with E-state index in [4.69, 9.17) is 32.0 Å². The summed E-state index contributed by atoms with van der Waals surface area (Å²) < 4.78 is 5.83. The Bertz CT molecular complexity index is 905. The third kappa shape index (κ3) is 4.17. The van der Waals surface area contributed by atoms with Crippen LogP contribution in [0.1, 0.15) is 37.6 Å². The molecule has 9 heteroatoms. The van der Waals surface area contributed by atoms with Crippen LogP contribution in [0.4, 0.5) is 11.6 Å². The van der Waals surface area contributed by atoms with E-state index < -0.39 is 0 Å². The second-order valence-corrected chi connectivity index (χ2v) is 9.37.